The van der Waals surface area contributed by atoms with Crippen LogP contribution in [0.15, 0.2) is 40.9 Å². The molecule has 8 heteroatoms. The molecule has 0 saturated heterocycles. The van der Waals surface area contributed by atoms with Crippen LogP contribution in [0.5, 0.6) is 5.75 Å². The first-order chi connectivity index (χ1) is 11.9. The van der Waals surface area contributed by atoms with E-state index in [1.165, 1.54) is 0 Å². The van der Waals surface area contributed by atoms with Gasteiger partial charge < -0.3 is 15.7 Å². The van der Waals surface area contributed by atoms with Crippen LogP contribution in [0, 0.1) is 11.6 Å². The summed E-state index contributed by atoms with van der Waals surface area (Å²) in [5.41, 5.74) is -0.106. The highest BCUT2D eigenvalue weighted by Crippen LogP contribution is 2.21. The maximum Gasteiger partial charge on any atom is 0.258 e. The Morgan fingerprint density at radius 3 is 2.20 bits per heavy atom. The van der Waals surface area contributed by atoms with E-state index < -0.39 is 28.9 Å². The van der Waals surface area contributed by atoms with E-state index in [1.807, 2.05) is 0 Å². The van der Waals surface area contributed by atoms with Crippen LogP contribution in [0.4, 0.5) is 8.78 Å². The molecule has 0 aliphatic carbocycles. The van der Waals surface area contributed by atoms with Gasteiger partial charge in [0.25, 0.3) is 11.8 Å². The number of carbonyl (C=O) groups is 2. The number of hydrogen-bond acceptors (Lipinski definition) is 3. The molecular formula is C17H15BrF2N2O3. The second kappa shape index (κ2) is 8.57. The van der Waals surface area contributed by atoms with E-state index in [1.54, 1.807) is 24.3 Å². The number of phenolic OH excluding ortho intramolecular Hbond substituents is 1. The molecule has 0 heterocycles. The first-order valence-electron chi connectivity index (χ1n) is 7.38. The van der Waals surface area contributed by atoms with Gasteiger partial charge in [0.1, 0.15) is 22.9 Å². The molecule has 5 nitrogen and oxygen atoms in total. The van der Waals surface area contributed by atoms with E-state index >= 15 is 0 Å². The highest BCUT2D eigenvalue weighted by Gasteiger charge is 2.18. The second-order valence-corrected chi connectivity index (χ2v) is 6.07. The number of aromatic hydroxyl groups is 1. The molecule has 2 aromatic rings. The number of phenols is 1. The Hall–Kier alpha value is -2.48. The summed E-state index contributed by atoms with van der Waals surface area (Å²) in [6.45, 7) is 0.447. The smallest absolute Gasteiger partial charge is 0.258 e. The molecule has 0 atom stereocenters. The molecule has 132 valence electrons. The Kier molecular flexibility index (Phi) is 6.46. The molecule has 3 N–H and O–H groups in total. The van der Waals surface area contributed by atoms with Crippen LogP contribution >= 0.6 is 15.9 Å². The fourth-order valence-corrected chi connectivity index (χ4v) is 2.33. The molecule has 0 fully saturated rings. The average Bonchev–Trinajstić information content (AvgIpc) is 2.54. The van der Waals surface area contributed by atoms with Gasteiger partial charge in [-0.15, -0.1) is 0 Å². The molecule has 25 heavy (non-hydrogen) atoms. The number of rotatable bonds is 6. The van der Waals surface area contributed by atoms with Gasteiger partial charge in [-0.3, -0.25) is 9.59 Å². The summed E-state index contributed by atoms with van der Waals surface area (Å²) in [7, 11) is 0. The fraction of sp³-hybridized carbons (Fsp3) is 0.176. The maximum absolute atomic E-state index is 13.5. The summed E-state index contributed by atoms with van der Waals surface area (Å²) >= 11 is 3.28. The summed E-state index contributed by atoms with van der Waals surface area (Å²) in [5, 5.41) is 14.5. The number of hydrogen-bond donors (Lipinski definition) is 3. The largest absolute Gasteiger partial charge is 0.507 e. The SMILES string of the molecule is O=C(NCCCNC(=O)c1c(O)cc(F)cc1F)c1ccc(Br)cc1. The molecule has 2 rings (SSSR count). The molecule has 0 bridgehead atoms. The predicted octanol–water partition coefficient (Wildman–Crippen LogP) is 2.98. The minimum atomic E-state index is -1.14. The van der Waals surface area contributed by atoms with E-state index in [-0.39, 0.29) is 12.5 Å². The summed E-state index contributed by atoms with van der Waals surface area (Å²) in [4.78, 5) is 23.7. The van der Waals surface area contributed by atoms with E-state index in [4.69, 9.17) is 0 Å². The summed E-state index contributed by atoms with van der Waals surface area (Å²) in [6, 6.07) is 8.02. The fourth-order valence-electron chi connectivity index (χ4n) is 2.07. The van der Waals surface area contributed by atoms with Gasteiger partial charge in [-0.1, -0.05) is 15.9 Å². The van der Waals surface area contributed by atoms with Crippen molar-refractivity contribution >= 4 is 27.7 Å². The number of halogens is 3. The Labute approximate surface area is 151 Å². The first-order valence-corrected chi connectivity index (χ1v) is 8.17. The lowest BCUT2D eigenvalue weighted by Gasteiger charge is -2.09. The summed E-state index contributed by atoms with van der Waals surface area (Å²) in [5.74, 6) is -3.98. The Bertz CT molecular complexity index is 759. The standard InChI is InChI=1S/C17H15BrF2N2O3/c18-11-4-2-10(3-5-11)16(24)21-6-1-7-22-17(25)15-13(20)8-12(19)9-14(15)23/h2-5,8-9,23H,1,6-7H2,(H,21,24)(H,22,25). The van der Waals surface area contributed by atoms with Crippen LogP contribution < -0.4 is 10.6 Å². The highest BCUT2D eigenvalue weighted by atomic mass is 79.9. The van der Waals surface area contributed by atoms with Gasteiger partial charge in [-0.05, 0) is 30.7 Å². The lowest BCUT2D eigenvalue weighted by molar-refractivity contribution is 0.0946. The molecule has 0 saturated carbocycles. The van der Waals surface area contributed by atoms with E-state index in [9.17, 15) is 23.5 Å². The van der Waals surface area contributed by atoms with Crippen molar-refractivity contribution in [3.63, 3.8) is 0 Å². The molecule has 0 aliphatic heterocycles. The molecule has 0 aliphatic rings. The number of amides is 2. The van der Waals surface area contributed by atoms with Crippen LogP contribution in [0.25, 0.3) is 0 Å². The van der Waals surface area contributed by atoms with Crippen LogP contribution in [-0.4, -0.2) is 30.0 Å². The Morgan fingerprint density at radius 2 is 1.60 bits per heavy atom. The van der Waals surface area contributed by atoms with Crippen LogP contribution in [0.2, 0.25) is 0 Å². The topological polar surface area (TPSA) is 78.4 Å². The average molecular weight is 413 g/mol. The third kappa shape index (κ3) is 5.25. The molecule has 2 amide bonds. The highest BCUT2D eigenvalue weighted by molar-refractivity contribution is 9.10. The van der Waals surface area contributed by atoms with Gasteiger partial charge in [-0.2, -0.15) is 0 Å². The van der Waals surface area contributed by atoms with Gasteiger partial charge >= 0.3 is 0 Å². The van der Waals surface area contributed by atoms with Crippen LogP contribution in [0.1, 0.15) is 27.1 Å². The van der Waals surface area contributed by atoms with Crippen molar-refractivity contribution in [3.8, 4) is 5.75 Å². The number of carbonyl (C=O) groups excluding carboxylic acids is 2. The zero-order chi connectivity index (χ0) is 18.4. The van der Waals surface area contributed by atoms with Crippen LogP contribution in [0.3, 0.4) is 0 Å². The van der Waals surface area contributed by atoms with E-state index in [0.29, 0.717) is 30.7 Å². The molecule has 0 spiro atoms. The summed E-state index contributed by atoms with van der Waals surface area (Å²) < 4.78 is 27.3. The first kappa shape index (κ1) is 18.9. The number of benzene rings is 2. The quantitative estimate of drug-likeness (QED) is 0.638. The van der Waals surface area contributed by atoms with Crippen molar-refractivity contribution in [1.82, 2.24) is 10.6 Å². The minimum Gasteiger partial charge on any atom is -0.507 e. The van der Waals surface area contributed by atoms with E-state index in [2.05, 4.69) is 26.6 Å². The van der Waals surface area contributed by atoms with Crippen molar-refractivity contribution in [3.05, 3.63) is 63.6 Å². The third-order valence-corrected chi connectivity index (χ3v) is 3.82. The van der Waals surface area contributed by atoms with Gasteiger partial charge in [0.15, 0.2) is 0 Å². The minimum absolute atomic E-state index is 0.149. The molecular weight excluding hydrogens is 398 g/mol. The summed E-state index contributed by atoms with van der Waals surface area (Å²) in [6.07, 6.45) is 0.400. The normalized spacial score (nSPS) is 10.4. The zero-order valence-electron chi connectivity index (χ0n) is 13.0. The Balaban J connectivity index is 1.77. The predicted molar refractivity (Wildman–Crippen MR) is 91.4 cm³/mol. The van der Waals surface area contributed by atoms with Crippen molar-refractivity contribution in [2.24, 2.45) is 0 Å². The van der Waals surface area contributed by atoms with E-state index in [0.717, 1.165) is 4.47 Å². The van der Waals surface area contributed by atoms with Crippen molar-refractivity contribution < 1.29 is 23.5 Å². The molecule has 2 aromatic carbocycles. The van der Waals surface area contributed by atoms with Crippen molar-refractivity contribution in [2.75, 3.05) is 13.1 Å². The lowest BCUT2D eigenvalue weighted by atomic mass is 10.1. The lowest BCUT2D eigenvalue weighted by Crippen LogP contribution is -2.30. The zero-order valence-corrected chi connectivity index (χ0v) is 14.6. The number of nitrogens with one attached hydrogen (secondary N) is 2. The Morgan fingerprint density at radius 1 is 1.00 bits per heavy atom. The monoisotopic (exact) mass is 412 g/mol. The van der Waals surface area contributed by atoms with Crippen LogP contribution in [-0.2, 0) is 0 Å². The van der Waals surface area contributed by atoms with Gasteiger partial charge in [0, 0.05) is 35.3 Å². The maximum atomic E-state index is 13.5. The molecule has 0 aromatic heterocycles. The van der Waals surface area contributed by atoms with Gasteiger partial charge in [-0.25, -0.2) is 8.78 Å². The third-order valence-electron chi connectivity index (χ3n) is 3.29. The van der Waals surface area contributed by atoms with Gasteiger partial charge in [0.05, 0.1) is 0 Å². The van der Waals surface area contributed by atoms with Gasteiger partial charge in [0.2, 0.25) is 0 Å². The molecule has 0 unspecified atom stereocenters. The van der Waals surface area contributed by atoms with Crippen molar-refractivity contribution in [1.29, 1.82) is 0 Å². The molecule has 0 radical (unpaired) electrons. The van der Waals surface area contributed by atoms with Crippen molar-refractivity contribution in [2.45, 2.75) is 6.42 Å². The second-order valence-electron chi connectivity index (χ2n) is 5.15.